The number of aromatic amines is 1. The van der Waals surface area contributed by atoms with Crippen molar-refractivity contribution in [3.05, 3.63) is 99.8 Å². The molecule has 0 atom stereocenters. The molecule has 1 aliphatic heterocycles. The Morgan fingerprint density at radius 2 is 1.57 bits per heavy atom. The minimum absolute atomic E-state index is 0.190. The summed E-state index contributed by atoms with van der Waals surface area (Å²) in [6.45, 7) is 4.14. The van der Waals surface area contributed by atoms with E-state index < -0.39 is 0 Å². The van der Waals surface area contributed by atoms with Crippen LogP contribution in [0.5, 0.6) is 5.88 Å². The molecule has 0 unspecified atom stereocenters. The highest BCUT2D eigenvalue weighted by molar-refractivity contribution is 6.02. The first-order valence-electron chi connectivity index (χ1n) is 11.8. The second-order valence-electron chi connectivity index (χ2n) is 8.83. The van der Waals surface area contributed by atoms with Crippen molar-refractivity contribution in [2.75, 3.05) is 38.1 Å². The van der Waals surface area contributed by atoms with E-state index in [1.165, 1.54) is 5.69 Å². The fraction of sp³-hybridized carbons (Fsp3) is 0.172. The van der Waals surface area contributed by atoms with Crippen LogP contribution in [0, 0.1) is 0 Å². The van der Waals surface area contributed by atoms with Gasteiger partial charge in [-0.3, -0.25) is 14.8 Å². The van der Waals surface area contributed by atoms with Gasteiger partial charge in [-0.2, -0.15) is 0 Å². The standard InChI is InChI=1S/C29H28N4O2/c1-32-15-17-33(18-16-32)24-12-10-23(11-13-24)30-20-27-26-19-22(8-7-21-5-3-2-4-6-21)9-14-25(26)28(34)31-29(27)35/h2-14,19-20H,15-18H2,1H3,(H2,31,34,35)/b8-7+,30-20?. The van der Waals surface area contributed by atoms with Gasteiger partial charge in [0.2, 0.25) is 5.88 Å². The van der Waals surface area contributed by atoms with Crippen LogP contribution in [-0.2, 0) is 0 Å². The predicted octanol–water partition coefficient (Wildman–Crippen LogP) is 4.91. The van der Waals surface area contributed by atoms with Crippen LogP contribution in [0.4, 0.5) is 11.4 Å². The zero-order valence-electron chi connectivity index (χ0n) is 19.7. The van der Waals surface area contributed by atoms with E-state index in [-0.39, 0.29) is 11.4 Å². The van der Waals surface area contributed by atoms with E-state index in [2.05, 4.69) is 39.0 Å². The fourth-order valence-corrected chi connectivity index (χ4v) is 4.30. The predicted molar refractivity (Wildman–Crippen MR) is 145 cm³/mol. The van der Waals surface area contributed by atoms with Gasteiger partial charge in [0.1, 0.15) is 0 Å². The molecule has 0 bridgehead atoms. The maximum Gasteiger partial charge on any atom is 0.258 e. The summed E-state index contributed by atoms with van der Waals surface area (Å²) in [6.07, 6.45) is 5.62. The van der Waals surface area contributed by atoms with Gasteiger partial charge in [-0.1, -0.05) is 48.6 Å². The second-order valence-corrected chi connectivity index (χ2v) is 8.83. The smallest absolute Gasteiger partial charge is 0.258 e. The molecule has 2 heterocycles. The Kier molecular flexibility index (Phi) is 6.46. The van der Waals surface area contributed by atoms with Crippen molar-refractivity contribution in [2.24, 2.45) is 4.99 Å². The first kappa shape index (κ1) is 22.6. The summed E-state index contributed by atoms with van der Waals surface area (Å²) in [5, 5.41) is 11.7. The van der Waals surface area contributed by atoms with E-state index in [0.29, 0.717) is 16.3 Å². The lowest BCUT2D eigenvalue weighted by molar-refractivity contribution is 0.313. The molecule has 1 aliphatic rings. The number of likely N-dealkylation sites (N-methyl/N-ethyl adjacent to an activating group) is 1. The minimum atomic E-state index is -0.329. The van der Waals surface area contributed by atoms with Gasteiger partial charge in [-0.05, 0) is 54.6 Å². The van der Waals surface area contributed by atoms with Crippen molar-refractivity contribution in [2.45, 2.75) is 0 Å². The zero-order valence-corrected chi connectivity index (χ0v) is 19.7. The maximum absolute atomic E-state index is 12.4. The molecular weight excluding hydrogens is 436 g/mol. The molecule has 0 spiro atoms. The third kappa shape index (κ3) is 5.18. The fourth-order valence-electron chi connectivity index (χ4n) is 4.30. The van der Waals surface area contributed by atoms with Gasteiger partial charge < -0.3 is 14.9 Å². The lowest BCUT2D eigenvalue weighted by Gasteiger charge is -2.34. The highest BCUT2D eigenvalue weighted by atomic mass is 16.3. The maximum atomic E-state index is 12.4. The van der Waals surface area contributed by atoms with Crippen molar-refractivity contribution < 1.29 is 5.11 Å². The lowest BCUT2D eigenvalue weighted by Crippen LogP contribution is -2.44. The van der Waals surface area contributed by atoms with Crippen LogP contribution < -0.4 is 10.5 Å². The summed E-state index contributed by atoms with van der Waals surface area (Å²) in [5.41, 5.74) is 4.13. The van der Waals surface area contributed by atoms with Crippen LogP contribution in [0.15, 0.2) is 82.6 Å². The number of aromatic hydroxyl groups is 1. The molecule has 1 saturated heterocycles. The Morgan fingerprint density at radius 3 is 2.31 bits per heavy atom. The first-order valence-corrected chi connectivity index (χ1v) is 11.8. The van der Waals surface area contributed by atoms with Crippen LogP contribution >= 0.6 is 0 Å². The van der Waals surface area contributed by atoms with E-state index in [4.69, 9.17) is 0 Å². The van der Waals surface area contributed by atoms with Crippen molar-refractivity contribution in [3.63, 3.8) is 0 Å². The van der Waals surface area contributed by atoms with Crippen molar-refractivity contribution >= 4 is 40.5 Å². The summed E-state index contributed by atoms with van der Waals surface area (Å²) >= 11 is 0. The molecule has 1 aromatic heterocycles. The largest absolute Gasteiger partial charge is 0.494 e. The Balaban J connectivity index is 1.43. The topological polar surface area (TPSA) is 71.9 Å². The van der Waals surface area contributed by atoms with Gasteiger partial charge in [-0.25, -0.2) is 0 Å². The monoisotopic (exact) mass is 464 g/mol. The van der Waals surface area contributed by atoms with Crippen molar-refractivity contribution in [3.8, 4) is 5.88 Å². The minimum Gasteiger partial charge on any atom is -0.494 e. The van der Waals surface area contributed by atoms with Gasteiger partial charge in [0, 0.05) is 48.9 Å². The lowest BCUT2D eigenvalue weighted by atomic mass is 10.0. The highest BCUT2D eigenvalue weighted by Gasteiger charge is 2.14. The molecule has 6 nitrogen and oxygen atoms in total. The van der Waals surface area contributed by atoms with E-state index in [1.807, 2.05) is 66.7 Å². The number of fused-ring (bicyclic) bond motifs is 1. The Bertz CT molecular complexity index is 1430. The summed E-state index contributed by atoms with van der Waals surface area (Å²) < 4.78 is 0. The molecular formula is C29H28N4O2. The van der Waals surface area contributed by atoms with Crippen LogP contribution in [0.3, 0.4) is 0 Å². The van der Waals surface area contributed by atoms with Gasteiger partial charge in [0.05, 0.1) is 11.3 Å². The van der Waals surface area contributed by atoms with Gasteiger partial charge in [-0.15, -0.1) is 0 Å². The Labute approximate surface area is 204 Å². The van der Waals surface area contributed by atoms with Gasteiger partial charge in [0.15, 0.2) is 0 Å². The number of aliphatic imine (C=N–C) groups is 1. The molecule has 0 amide bonds. The number of hydrogen-bond acceptors (Lipinski definition) is 5. The number of benzene rings is 3. The molecule has 0 saturated carbocycles. The average Bonchev–Trinajstić information content (AvgIpc) is 2.89. The van der Waals surface area contributed by atoms with Crippen molar-refractivity contribution in [1.29, 1.82) is 0 Å². The molecule has 176 valence electrons. The Morgan fingerprint density at radius 1 is 0.857 bits per heavy atom. The molecule has 5 rings (SSSR count). The summed E-state index contributed by atoms with van der Waals surface area (Å²) in [4.78, 5) is 24.3. The number of hydrogen-bond donors (Lipinski definition) is 2. The number of pyridine rings is 1. The number of aromatic nitrogens is 1. The number of piperazine rings is 1. The van der Waals surface area contributed by atoms with Crippen LogP contribution in [-0.4, -0.2) is 54.4 Å². The Hall–Kier alpha value is -4.16. The van der Waals surface area contributed by atoms with Crippen LogP contribution in [0.1, 0.15) is 16.7 Å². The molecule has 1 fully saturated rings. The molecule has 3 aromatic carbocycles. The van der Waals surface area contributed by atoms with Crippen LogP contribution in [0.2, 0.25) is 0 Å². The molecule has 0 aliphatic carbocycles. The first-order chi connectivity index (χ1) is 17.1. The summed E-state index contributed by atoms with van der Waals surface area (Å²) in [6, 6.07) is 23.7. The summed E-state index contributed by atoms with van der Waals surface area (Å²) in [7, 11) is 2.15. The van der Waals surface area contributed by atoms with E-state index in [0.717, 1.165) is 43.0 Å². The number of rotatable bonds is 5. The zero-order chi connectivity index (χ0) is 24.2. The highest BCUT2D eigenvalue weighted by Crippen LogP contribution is 2.25. The SMILES string of the molecule is CN1CCN(c2ccc(N=Cc3c(O)[nH]c(=O)c4ccc(/C=C/c5ccccc5)cc34)cc2)CC1. The number of anilines is 1. The van der Waals surface area contributed by atoms with Crippen molar-refractivity contribution in [1.82, 2.24) is 9.88 Å². The average molecular weight is 465 g/mol. The molecule has 0 radical (unpaired) electrons. The molecule has 4 aromatic rings. The molecule has 35 heavy (non-hydrogen) atoms. The normalized spacial score (nSPS) is 14.9. The number of nitrogens with one attached hydrogen (secondary N) is 1. The third-order valence-corrected chi connectivity index (χ3v) is 6.39. The quantitative estimate of drug-likeness (QED) is 0.325. The molecule has 2 N–H and O–H groups in total. The second kappa shape index (κ2) is 9.99. The summed E-state index contributed by atoms with van der Waals surface area (Å²) in [5.74, 6) is -0.190. The van der Waals surface area contributed by atoms with E-state index >= 15 is 0 Å². The van der Waals surface area contributed by atoms with Gasteiger partial charge >= 0.3 is 0 Å². The number of nitrogens with zero attached hydrogens (tertiary/aromatic N) is 3. The van der Waals surface area contributed by atoms with E-state index in [9.17, 15) is 9.90 Å². The van der Waals surface area contributed by atoms with E-state index in [1.54, 1.807) is 12.3 Å². The third-order valence-electron chi connectivity index (χ3n) is 6.39. The van der Waals surface area contributed by atoms with Crippen LogP contribution in [0.25, 0.3) is 22.9 Å². The van der Waals surface area contributed by atoms with Gasteiger partial charge in [0.25, 0.3) is 5.56 Å². The molecule has 6 heteroatoms. The number of H-pyrrole nitrogens is 1.